The Kier molecular flexibility index (Phi) is 2.78. The van der Waals surface area contributed by atoms with Gasteiger partial charge in [-0.25, -0.2) is 0 Å². The number of methoxy groups -OCH3 is 1. The van der Waals surface area contributed by atoms with Gasteiger partial charge in [0.25, 0.3) is 0 Å². The maximum atomic E-state index is 12.0. The van der Waals surface area contributed by atoms with Gasteiger partial charge in [0.05, 0.1) is 12.7 Å². The highest BCUT2D eigenvalue weighted by molar-refractivity contribution is 7.12. The van der Waals surface area contributed by atoms with Crippen LogP contribution in [0.15, 0.2) is 35.8 Å². The predicted molar refractivity (Wildman–Crippen MR) is 58.5 cm³/mol. The van der Waals surface area contributed by atoms with Crippen LogP contribution in [-0.4, -0.2) is 17.9 Å². The second-order valence-corrected chi connectivity index (χ2v) is 3.75. The van der Waals surface area contributed by atoms with Crippen LogP contribution in [-0.2, 0) is 0 Å². The zero-order valence-corrected chi connectivity index (χ0v) is 8.95. The Morgan fingerprint density at radius 3 is 2.93 bits per heavy atom. The molecule has 4 heteroatoms. The fourth-order valence-electron chi connectivity index (χ4n) is 1.26. The first-order valence-corrected chi connectivity index (χ1v) is 5.28. The van der Waals surface area contributed by atoms with Crippen LogP contribution in [0.5, 0.6) is 5.06 Å². The molecule has 0 spiro atoms. The van der Waals surface area contributed by atoms with Crippen LogP contribution in [0.25, 0.3) is 0 Å². The van der Waals surface area contributed by atoms with Crippen molar-refractivity contribution in [1.82, 2.24) is 4.98 Å². The van der Waals surface area contributed by atoms with Crippen LogP contribution in [0.4, 0.5) is 0 Å². The van der Waals surface area contributed by atoms with Crippen molar-refractivity contribution in [2.45, 2.75) is 0 Å². The number of thiophene rings is 1. The van der Waals surface area contributed by atoms with Gasteiger partial charge < -0.3 is 4.74 Å². The van der Waals surface area contributed by atoms with E-state index in [0.29, 0.717) is 16.3 Å². The summed E-state index contributed by atoms with van der Waals surface area (Å²) in [5, 5.41) is 2.46. The molecule has 0 aliphatic rings. The lowest BCUT2D eigenvalue weighted by atomic mass is 10.1. The van der Waals surface area contributed by atoms with Gasteiger partial charge in [-0.1, -0.05) is 6.07 Å². The molecule has 15 heavy (non-hydrogen) atoms. The molecule has 0 saturated heterocycles. The van der Waals surface area contributed by atoms with Crippen LogP contribution >= 0.6 is 11.3 Å². The van der Waals surface area contributed by atoms with E-state index in [1.807, 2.05) is 5.38 Å². The topological polar surface area (TPSA) is 39.2 Å². The molecule has 0 N–H and O–H groups in total. The van der Waals surface area contributed by atoms with Crippen molar-refractivity contribution < 1.29 is 9.53 Å². The number of nitrogens with zero attached hydrogens (tertiary/aromatic N) is 1. The SMILES string of the molecule is COc1sccc1C(=O)c1ccccn1. The zero-order valence-electron chi connectivity index (χ0n) is 8.14. The van der Waals surface area contributed by atoms with E-state index < -0.39 is 0 Å². The molecule has 0 aromatic carbocycles. The Balaban J connectivity index is 2.37. The summed E-state index contributed by atoms with van der Waals surface area (Å²) in [5.41, 5.74) is 1.01. The minimum atomic E-state index is -0.103. The lowest BCUT2D eigenvalue weighted by Crippen LogP contribution is -2.03. The van der Waals surface area contributed by atoms with E-state index in [0.717, 1.165) is 0 Å². The van der Waals surface area contributed by atoms with Gasteiger partial charge in [-0.3, -0.25) is 9.78 Å². The van der Waals surface area contributed by atoms with Crippen LogP contribution < -0.4 is 4.74 Å². The highest BCUT2D eigenvalue weighted by Gasteiger charge is 2.15. The highest BCUT2D eigenvalue weighted by atomic mass is 32.1. The van der Waals surface area contributed by atoms with Gasteiger partial charge in [-0.2, -0.15) is 0 Å². The molecule has 0 atom stereocenters. The largest absolute Gasteiger partial charge is 0.487 e. The maximum absolute atomic E-state index is 12.0. The Hall–Kier alpha value is -1.68. The molecule has 0 bridgehead atoms. The molecule has 0 aliphatic heterocycles. The van der Waals surface area contributed by atoms with Crippen LogP contribution in [0.1, 0.15) is 16.1 Å². The summed E-state index contributed by atoms with van der Waals surface area (Å²) in [6.07, 6.45) is 1.60. The third kappa shape index (κ3) is 1.89. The van der Waals surface area contributed by atoms with Crippen LogP contribution in [0.3, 0.4) is 0 Å². The first-order valence-electron chi connectivity index (χ1n) is 4.40. The number of rotatable bonds is 3. The van der Waals surface area contributed by atoms with Gasteiger partial charge in [0.2, 0.25) is 5.78 Å². The van der Waals surface area contributed by atoms with Crippen molar-refractivity contribution in [2.75, 3.05) is 7.11 Å². The summed E-state index contributed by atoms with van der Waals surface area (Å²) < 4.78 is 5.10. The molecule has 2 heterocycles. The molecule has 0 unspecified atom stereocenters. The second kappa shape index (κ2) is 4.23. The molecule has 0 saturated carbocycles. The van der Waals surface area contributed by atoms with Crippen LogP contribution in [0.2, 0.25) is 0 Å². The van der Waals surface area contributed by atoms with Crippen LogP contribution in [0, 0.1) is 0 Å². The second-order valence-electron chi connectivity index (χ2n) is 2.87. The number of ketones is 1. The molecule has 0 aliphatic carbocycles. The average molecular weight is 219 g/mol. The smallest absolute Gasteiger partial charge is 0.215 e. The summed E-state index contributed by atoms with van der Waals surface area (Å²) in [5.74, 6) is -0.103. The molecule has 76 valence electrons. The van der Waals surface area contributed by atoms with Gasteiger partial charge in [0.15, 0.2) is 5.06 Å². The molecule has 0 radical (unpaired) electrons. The summed E-state index contributed by atoms with van der Waals surface area (Å²) in [7, 11) is 1.56. The van der Waals surface area contributed by atoms with E-state index >= 15 is 0 Å². The summed E-state index contributed by atoms with van der Waals surface area (Å²) in [6.45, 7) is 0. The van der Waals surface area contributed by atoms with E-state index in [1.54, 1.807) is 37.6 Å². The van der Waals surface area contributed by atoms with Gasteiger partial charge in [0.1, 0.15) is 5.69 Å². The molecule has 2 aromatic rings. The number of hydrogen-bond acceptors (Lipinski definition) is 4. The number of carbonyl (C=O) groups is 1. The predicted octanol–water partition coefficient (Wildman–Crippen LogP) is 2.38. The maximum Gasteiger partial charge on any atom is 0.215 e. The molecular weight excluding hydrogens is 210 g/mol. The molecule has 2 rings (SSSR count). The summed E-state index contributed by atoms with van der Waals surface area (Å²) in [6, 6.07) is 7.01. The van der Waals surface area contributed by atoms with Crippen molar-refractivity contribution in [2.24, 2.45) is 0 Å². The van der Waals surface area contributed by atoms with Crippen molar-refractivity contribution in [3.05, 3.63) is 47.1 Å². The fraction of sp³-hybridized carbons (Fsp3) is 0.0909. The Bertz CT molecular complexity index is 464. The normalized spacial score (nSPS) is 9.93. The van der Waals surface area contributed by atoms with Gasteiger partial charge in [-0.15, -0.1) is 11.3 Å². The van der Waals surface area contributed by atoms with E-state index in [4.69, 9.17) is 4.74 Å². The monoisotopic (exact) mass is 219 g/mol. The molecule has 0 fully saturated rings. The lowest BCUT2D eigenvalue weighted by Gasteiger charge is -2.00. The number of carbonyl (C=O) groups excluding carboxylic acids is 1. The van der Waals surface area contributed by atoms with E-state index in [1.165, 1.54) is 11.3 Å². The van der Waals surface area contributed by atoms with E-state index in [9.17, 15) is 4.79 Å². The first kappa shape index (κ1) is 9.86. The lowest BCUT2D eigenvalue weighted by molar-refractivity contribution is 0.103. The molecule has 0 amide bonds. The Morgan fingerprint density at radius 2 is 2.27 bits per heavy atom. The quantitative estimate of drug-likeness (QED) is 0.744. The minimum Gasteiger partial charge on any atom is -0.487 e. The number of pyridine rings is 1. The zero-order chi connectivity index (χ0) is 10.7. The van der Waals surface area contributed by atoms with E-state index in [2.05, 4.69) is 4.98 Å². The minimum absolute atomic E-state index is 0.103. The highest BCUT2D eigenvalue weighted by Crippen LogP contribution is 2.27. The molecule has 2 aromatic heterocycles. The average Bonchev–Trinajstić information content (AvgIpc) is 2.77. The summed E-state index contributed by atoms with van der Waals surface area (Å²) in [4.78, 5) is 16.0. The van der Waals surface area contributed by atoms with Gasteiger partial charge >= 0.3 is 0 Å². The van der Waals surface area contributed by atoms with Gasteiger partial charge in [-0.05, 0) is 23.6 Å². The van der Waals surface area contributed by atoms with Gasteiger partial charge in [0, 0.05) is 6.20 Å². The third-order valence-electron chi connectivity index (χ3n) is 1.96. The van der Waals surface area contributed by atoms with Crippen molar-refractivity contribution in [3.63, 3.8) is 0 Å². The molecular formula is C11H9NO2S. The number of ether oxygens (including phenoxy) is 1. The Morgan fingerprint density at radius 1 is 1.40 bits per heavy atom. The van der Waals surface area contributed by atoms with Crippen molar-refractivity contribution in [3.8, 4) is 5.06 Å². The van der Waals surface area contributed by atoms with Crippen molar-refractivity contribution >= 4 is 17.1 Å². The fourth-order valence-corrected chi connectivity index (χ4v) is 1.97. The Labute approximate surface area is 91.4 Å². The standard InChI is InChI=1S/C11H9NO2S/c1-14-11-8(5-7-15-11)10(13)9-4-2-3-6-12-9/h2-7H,1H3. The van der Waals surface area contributed by atoms with E-state index in [-0.39, 0.29) is 5.78 Å². The summed E-state index contributed by atoms with van der Waals surface area (Å²) >= 11 is 1.40. The number of aromatic nitrogens is 1. The third-order valence-corrected chi connectivity index (χ3v) is 2.83. The first-order chi connectivity index (χ1) is 7.33. The molecule has 3 nitrogen and oxygen atoms in total. The van der Waals surface area contributed by atoms with Crippen molar-refractivity contribution in [1.29, 1.82) is 0 Å². The number of hydrogen-bond donors (Lipinski definition) is 0.